The third-order valence-corrected chi connectivity index (χ3v) is 3.11. The summed E-state index contributed by atoms with van der Waals surface area (Å²) in [4.78, 5) is 43.9. The second kappa shape index (κ2) is 7.08. The quantitative estimate of drug-likeness (QED) is 0.426. The zero-order valence-corrected chi connectivity index (χ0v) is 12.5. The molecule has 2 aromatic carbocycles. The summed E-state index contributed by atoms with van der Waals surface area (Å²) in [5.41, 5.74) is -3.46. The van der Waals surface area contributed by atoms with Crippen LogP contribution in [0.4, 0.5) is 28.4 Å². The molecule has 0 amide bonds. The molecule has 2 rings (SSSR count). The van der Waals surface area contributed by atoms with Crippen molar-refractivity contribution in [2.24, 2.45) is 4.99 Å². The second-order valence-electron chi connectivity index (χ2n) is 4.70. The third kappa shape index (κ3) is 3.78. The summed E-state index contributed by atoms with van der Waals surface area (Å²) in [5.74, 6) is 0. The van der Waals surface area contributed by atoms with Gasteiger partial charge in [-0.3, -0.25) is 45.4 Å². The summed E-state index contributed by atoms with van der Waals surface area (Å²) in [6, 6.07) is 6.04. The van der Waals surface area contributed by atoms with Gasteiger partial charge in [0.25, 0.3) is 22.7 Å². The molecule has 0 atom stereocenters. The molecule has 0 N–H and O–H groups in total. The zero-order valence-electron chi connectivity index (χ0n) is 12.5. The smallest absolute Gasteiger partial charge is 0.258 e. The van der Waals surface area contributed by atoms with Crippen molar-refractivity contribution in [2.75, 3.05) is 0 Å². The minimum absolute atomic E-state index is 0.0150. The Bertz CT molecular complexity index is 936. The van der Waals surface area contributed by atoms with E-state index in [4.69, 9.17) is 0 Å². The minimum Gasteiger partial charge on any atom is -0.258 e. The summed E-state index contributed by atoms with van der Waals surface area (Å²) >= 11 is 0. The van der Waals surface area contributed by atoms with Crippen LogP contribution in [0.25, 0.3) is 0 Å². The Morgan fingerprint density at radius 2 is 1.27 bits per heavy atom. The van der Waals surface area contributed by atoms with Gasteiger partial charge in [-0.05, 0) is 6.07 Å². The van der Waals surface area contributed by atoms with E-state index in [1.807, 2.05) is 0 Å². The molecule has 0 heterocycles. The molecular formula is C13H7N5O8. The summed E-state index contributed by atoms with van der Waals surface area (Å²) in [7, 11) is 0. The Balaban J connectivity index is 2.62. The highest BCUT2D eigenvalue weighted by atomic mass is 16.6. The van der Waals surface area contributed by atoms with Crippen LogP contribution in [0.15, 0.2) is 41.4 Å². The van der Waals surface area contributed by atoms with Gasteiger partial charge in [-0.1, -0.05) is 6.07 Å². The van der Waals surface area contributed by atoms with Gasteiger partial charge in [0.15, 0.2) is 0 Å². The highest BCUT2D eigenvalue weighted by molar-refractivity contribution is 5.93. The van der Waals surface area contributed by atoms with Crippen LogP contribution in [0, 0.1) is 40.5 Å². The highest BCUT2D eigenvalue weighted by Gasteiger charge is 2.29. The Labute approximate surface area is 142 Å². The minimum atomic E-state index is -1.02. The number of nitro groups is 4. The van der Waals surface area contributed by atoms with E-state index in [2.05, 4.69) is 4.99 Å². The fourth-order valence-electron chi connectivity index (χ4n) is 1.97. The Morgan fingerprint density at radius 1 is 0.731 bits per heavy atom. The molecule has 0 saturated heterocycles. The molecule has 0 aliphatic heterocycles. The normalized spacial score (nSPS) is 10.6. The molecule has 132 valence electrons. The van der Waals surface area contributed by atoms with Crippen LogP contribution in [-0.4, -0.2) is 25.9 Å². The molecule has 0 aromatic heterocycles. The topological polar surface area (TPSA) is 185 Å². The Hall–Kier alpha value is -4.29. The summed E-state index contributed by atoms with van der Waals surface area (Å²) in [5, 5.41) is 43.8. The van der Waals surface area contributed by atoms with Crippen molar-refractivity contribution in [1.29, 1.82) is 0 Å². The van der Waals surface area contributed by atoms with E-state index in [1.54, 1.807) is 0 Å². The van der Waals surface area contributed by atoms with Crippen molar-refractivity contribution < 1.29 is 19.7 Å². The van der Waals surface area contributed by atoms with Crippen molar-refractivity contribution in [3.63, 3.8) is 0 Å². The molecule has 0 spiro atoms. The fourth-order valence-corrected chi connectivity index (χ4v) is 1.97. The van der Waals surface area contributed by atoms with Crippen molar-refractivity contribution >= 4 is 34.7 Å². The van der Waals surface area contributed by atoms with Crippen LogP contribution in [0.3, 0.4) is 0 Å². The first-order valence-corrected chi connectivity index (χ1v) is 6.60. The lowest BCUT2D eigenvalue weighted by Crippen LogP contribution is -2.02. The average molecular weight is 361 g/mol. The predicted octanol–water partition coefficient (Wildman–Crippen LogP) is 3.07. The van der Waals surface area contributed by atoms with E-state index in [0.29, 0.717) is 12.1 Å². The largest absolute Gasteiger partial charge is 0.291 e. The number of nitro benzene ring substituents is 4. The van der Waals surface area contributed by atoms with Crippen LogP contribution in [0.2, 0.25) is 0 Å². The van der Waals surface area contributed by atoms with Crippen molar-refractivity contribution in [3.8, 4) is 0 Å². The first-order chi connectivity index (χ1) is 12.2. The maximum absolute atomic E-state index is 11.1. The molecule has 0 unspecified atom stereocenters. The second-order valence-corrected chi connectivity index (χ2v) is 4.70. The molecule has 0 aliphatic carbocycles. The maximum atomic E-state index is 11.1. The number of benzene rings is 2. The van der Waals surface area contributed by atoms with Crippen molar-refractivity contribution in [3.05, 3.63) is 82.4 Å². The van der Waals surface area contributed by atoms with E-state index in [-0.39, 0.29) is 11.4 Å². The molecule has 0 saturated carbocycles. The average Bonchev–Trinajstić information content (AvgIpc) is 2.59. The SMILES string of the molecule is O=[N+]([O-])c1cccc(N=Cc2c([N+](=O)[O-])cc([N+](=O)[O-])cc2[N+](=O)[O-])c1. The van der Waals surface area contributed by atoms with E-state index in [9.17, 15) is 40.5 Å². The van der Waals surface area contributed by atoms with Crippen LogP contribution < -0.4 is 0 Å². The van der Waals surface area contributed by atoms with E-state index < -0.39 is 42.3 Å². The van der Waals surface area contributed by atoms with Crippen LogP contribution in [0.1, 0.15) is 5.56 Å². The lowest BCUT2D eigenvalue weighted by molar-refractivity contribution is -0.403. The molecule has 0 radical (unpaired) electrons. The van der Waals surface area contributed by atoms with E-state index in [1.165, 1.54) is 18.2 Å². The fraction of sp³-hybridized carbons (Fsp3) is 0. The van der Waals surface area contributed by atoms with Gasteiger partial charge in [0.1, 0.15) is 5.56 Å². The summed E-state index contributed by atoms with van der Waals surface area (Å²) in [6.07, 6.45) is 0.763. The first-order valence-electron chi connectivity index (χ1n) is 6.60. The monoisotopic (exact) mass is 361 g/mol. The lowest BCUT2D eigenvalue weighted by atomic mass is 10.1. The van der Waals surface area contributed by atoms with Gasteiger partial charge in [0, 0.05) is 18.3 Å². The molecule has 0 bridgehead atoms. The van der Waals surface area contributed by atoms with Crippen molar-refractivity contribution in [1.82, 2.24) is 0 Å². The van der Waals surface area contributed by atoms with Gasteiger partial charge in [-0.2, -0.15) is 0 Å². The number of rotatable bonds is 6. The van der Waals surface area contributed by atoms with Gasteiger partial charge in [-0.25, -0.2) is 0 Å². The lowest BCUT2D eigenvalue weighted by Gasteiger charge is -2.00. The highest BCUT2D eigenvalue weighted by Crippen LogP contribution is 2.33. The molecule has 13 heteroatoms. The molecule has 13 nitrogen and oxygen atoms in total. The predicted molar refractivity (Wildman–Crippen MR) is 86.8 cm³/mol. The van der Waals surface area contributed by atoms with E-state index >= 15 is 0 Å². The molecule has 26 heavy (non-hydrogen) atoms. The van der Waals surface area contributed by atoms with Gasteiger partial charge in [0.2, 0.25) is 0 Å². The van der Waals surface area contributed by atoms with Crippen LogP contribution >= 0.6 is 0 Å². The molecule has 0 fully saturated rings. The third-order valence-electron chi connectivity index (χ3n) is 3.11. The first kappa shape index (κ1) is 18.1. The number of hydrogen-bond acceptors (Lipinski definition) is 9. The maximum Gasteiger partial charge on any atom is 0.291 e. The Morgan fingerprint density at radius 3 is 1.73 bits per heavy atom. The molecule has 2 aromatic rings. The number of aliphatic imine (C=N–C) groups is 1. The molecular weight excluding hydrogens is 354 g/mol. The number of non-ortho nitro benzene ring substituents is 2. The van der Waals surface area contributed by atoms with Crippen LogP contribution in [-0.2, 0) is 0 Å². The van der Waals surface area contributed by atoms with Crippen molar-refractivity contribution in [2.45, 2.75) is 0 Å². The zero-order chi connectivity index (χ0) is 19.4. The van der Waals surface area contributed by atoms with Gasteiger partial charge < -0.3 is 0 Å². The van der Waals surface area contributed by atoms with Gasteiger partial charge >= 0.3 is 0 Å². The molecule has 0 aliphatic rings. The summed E-state index contributed by atoms with van der Waals surface area (Å²) < 4.78 is 0. The Kier molecular flexibility index (Phi) is 4.92. The summed E-state index contributed by atoms with van der Waals surface area (Å²) in [6.45, 7) is 0. The van der Waals surface area contributed by atoms with Gasteiger partial charge in [0.05, 0.1) is 37.5 Å². The standard InChI is InChI=1S/C13H7N5O8/c19-15(20)9-3-1-2-8(4-9)14-7-11-12(17(23)24)5-10(16(21)22)6-13(11)18(25)26/h1-7H. The van der Waals surface area contributed by atoms with Gasteiger partial charge in [-0.15, -0.1) is 0 Å². The number of hydrogen-bond donors (Lipinski definition) is 0. The van der Waals surface area contributed by atoms with E-state index in [0.717, 1.165) is 12.3 Å². The van der Waals surface area contributed by atoms with Crippen LogP contribution in [0.5, 0.6) is 0 Å². The number of nitrogens with zero attached hydrogens (tertiary/aromatic N) is 5.